The van der Waals surface area contributed by atoms with E-state index in [1.807, 2.05) is 0 Å². The Balaban J connectivity index is 1.61. The third-order valence-corrected chi connectivity index (χ3v) is 6.71. The first-order valence-corrected chi connectivity index (χ1v) is 11.7. The summed E-state index contributed by atoms with van der Waals surface area (Å²) < 4.78 is 94.2. The van der Waals surface area contributed by atoms with Gasteiger partial charge in [-0.15, -0.1) is 5.06 Å². The number of carbonyl (C=O) groups excluding carboxylic acids is 1. The molecule has 2 unspecified atom stereocenters. The second-order valence-electron chi connectivity index (χ2n) is 9.45. The van der Waals surface area contributed by atoms with E-state index in [0.29, 0.717) is 43.6 Å². The van der Waals surface area contributed by atoms with Gasteiger partial charge in [0.2, 0.25) is 0 Å². The molecule has 2 atom stereocenters. The van der Waals surface area contributed by atoms with Gasteiger partial charge in [-0.3, -0.25) is 0 Å². The number of hydroxylamine groups is 2. The number of nitrogens with zero attached hydrogens (tertiary/aromatic N) is 2. The number of hydrogen-bond acceptors (Lipinski definition) is 4. The van der Waals surface area contributed by atoms with E-state index in [1.165, 1.54) is 24.2 Å². The zero-order valence-corrected chi connectivity index (χ0v) is 20.1. The molecule has 0 aromatic heterocycles. The van der Waals surface area contributed by atoms with Crippen molar-refractivity contribution in [2.45, 2.75) is 44.2 Å². The molecule has 1 N–H and O–H groups in total. The van der Waals surface area contributed by atoms with Crippen LogP contribution in [0.1, 0.15) is 52.7 Å². The molecule has 12 heteroatoms. The zero-order valence-electron chi connectivity index (χ0n) is 20.1. The van der Waals surface area contributed by atoms with E-state index in [-0.39, 0.29) is 24.1 Å². The highest BCUT2D eigenvalue weighted by Crippen LogP contribution is 2.47. The van der Waals surface area contributed by atoms with Gasteiger partial charge in [0.15, 0.2) is 0 Å². The summed E-state index contributed by atoms with van der Waals surface area (Å²) in [6.07, 6.45) is -9.81. The molecule has 202 valence electrons. The van der Waals surface area contributed by atoms with Gasteiger partial charge in [0.05, 0.1) is 23.2 Å². The van der Waals surface area contributed by atoms with E-state index in [0.717, 1.165) is 10.5 Å². The summed E-state index contributed by atoms with van der Waals surface area (Å²) in [4.78, 5) is 19.9. The van der Waals surface area contributed by atoms with Crippen LogP contribution in [0.5, 0.6) is 0 Å². The number of aryl methyl sites for hydroxylation is 1. The normalized spacial score (nSPS) is 20.0. The quantitative estimate of drug-likeness (QED) is 0.462. The second kappa shape index (κ2) is 10.1. The van der Waals surface area contributed by atoms with Crippen LogP contribution in [0, 0.1) is 18.7 Å². The van der Waals surface area contributed by atoms with E-state index in [2.05, 4.69) is 5.32 Å². The average molecular weight is 533 g/mol. The van der Waals surface area contributed by atoms with Gasteiger partial charge in [0.1, 0.15) is 5.82 Å². The van der Waals surface area contributed by atoms with Gasteiger partial charge in [0, 0.05) is 26.7 Å². The van der Waals surface area contributed by atoms with Gasteiger partial charge >= 0.3 is 18.4 Å². The van der Waals surface area contributed by atoms with Crippen LogP contribution < -0.4 is 5.32 Å². The van der Waals surface area contributed by atoms with Crippen LogP contribution in [-0.4, -0.2) is 42.7 Å². The molecule has 0 radical (unpaired) electrons. The average Bonchev–Trinajstić information content (AvgIpc) is 3.63. The Morgan fingerprint density at radius 3 is 2.22 bits per heavy atom. The summed E-state index contributed by atoms with van der Waals surface area (Å²) in [5.74, 6) is -0.722. The monoisotopic (exact) mass is 533 g/mol. The lowest BCUT2D eigenvalue weighted by Gasteiger charge is -2.37. The molecule has 1 aliphatic carbocycles. The van der Waals surface area contributed by atoms with Crippen molar-refractivity contribution in [1.29, 1.82) is 0 Å². The highest BCUT2D eigenvalue weighted by Gasteiger charge is 2.43. The maximum absolute atomic E-state index is 13.6. The van der Waals surface area contributed by atoms with Crippen LogP contribution >= 0.6 is 0 Å². The maximum atomic E-state index is 13.6. The SMILES string of the molecule is Cc1cc(F)ccc1C1CNCCN1OC(=O)N(C)C(c1cc(C(F)(F)F)cc(C(F)(F)F)c1)C1CC1. The lowest BCUT2D eigenvalue weighted by atomic mass is 9.96. The molecule has 1 heterocycles. The Labute approximate surface area is 209 Å². The molecule has 4 rings (SSSR count). The van der Waals surface area contributed by atoms with Crippen molar-refractivity contribution in [3.63, 3.8) is 0 Å². The number of rotatable bonds is 5. The molecule has 1 saturated carbocycles. The predicted octanol–water partition coefficient (Wildman–Crippen LogP) is 6.25. The molecule has 1 amide bonds. The minimum atomic E-state index is -5.00. The number of piperazine rings is 1. The van der Waals surface area contributed by atoms with Crippen molar-refractivity contribution in [2.24, 2.45) is 5.92 Å². The molecule has 0 spiro atoms. The molecule has 2 fully saturated rings. The first-order chi connectivity index (χ1) is 17.3. The Morgan fingerprint density at radius 1 is 1.05 bits per heavy atom. The highest BCUT2D eigenvalue weighted by atomic mass is 19.4. The van der Waals surface area contributed by atoms with E-state index in [1.54, 1.807) is 13.0 Å². The number of amides is 1. The van der Waals surface area contributed by atoms with Crippen molar-refractivity contribution in [2.75, 3.05) is 26.7 Å². The van der Waals surface area contributed by atoms with Gasteiger partial charge in [-0.2, -0.15) is 26.3 Å². The third kappa shape index (κ3) is 6.18. The first-order valence-electron chi connectivity index (χ1n) is 11.7. The van der Waals surface area contributed by atoms with Gasteiger partial charge in [0.25, 0.3) is 0 Å². The molecule has 5 nitrogen and oxygen atoms in total. The fourth-order valence-corrected chi connectivity index (χ4v) is 4.72. The van der Waals surface area contributed by atoms with E-state index >= 15 is 0 Å². The lowest BCUT2D eigenvalue weighted by molar-refractivity contribution is -0.152. The fraction of sp³-hybridized carbons (Fsp3) is 0.480. The largest absolute Gasteiger partial charge is 0.429 e. The lowest BCUT2D eigenvalue weighted by Crippen LogP contribution is -2.48. The van der Waals surface area contributed by atoms with E-state index in [4.69, 9.17) is 4.84 Å². The molecule has 1 saturated heterocycles. The standard InChI is InChI=1S/C25H26F7N3O2/c1-14-9-19(26)5-6-20(14)21-13-33-7-8-35(21)37-23(36)34(2)22(15-3-4-15)16-10-17(24(27,28)29)12-18(11-16)25(30,31)32/h5-6,9-12,15,21-22,33H,3-4,7-8,13H2,1-2H3. The zero-order chi connectivity index (χ0) is 27.1. The van der Waals surface area contributed by atoms with Crippen molar-refractivity contribution >= 4 is 6.09 Å². The van der Waals surface area contributed by atoms with Crippen molar-refractivity contribution in [3.8, 4) is 0 Å². The van der Waals surface area contributed by atoms with Gasteiger partial charge in [-0.25, -0.2) is 9.18 Å². The van der Waals surface area contributed by atoms with Crippen LogP contribution in [0.15, 0.2) is 36.4 Å². The molecule has 2 aliphatic rings. The highest BCUT2D eigenvalue weighted by molar-refractivity contribution is 5.68. The van der Waals surface area contributed by atoms with Crippen LogP contribution in [0.4, 0.5) is 35.5 Å². The van der Waals surface area contributed by atoms with Gasteiger partial charge in [-0.05, 0) is 72.7 Å². The summed E-state index contributed by atoms with van der Waals surface area (Å²) >= 11 is 0. The Bertz CT molecular complexity index is 1120. The third-order valence-electron chi connectivity index (χ3n) is 6.71. The van der Waals surface area contributed by atoms with Crippen LogP contribution in [0.3, 0.4) is 0 Å². The summed E-state index contributed by atoms with van der Waals surface area (Å²) in [5.41, 5.74) is -1.76. The minimum Gasteiger partial charge on any atom is -0.350 e. The van der Waals surface area contributed by atoms with Crippen LogP contribution in [0.2, 0.25) is 0 Å². The topological polar surface area (TPSA) is 44.8 Å². The number of hydrogen-bond donors (Lipinski definition) is 1. The molecular formula is C25H26F7N3O2. The molecule has 0 bridgehead atoms. The fourth-order valence-electron chi connectivity index (χ4n) is 4.72. The second-order valence-corrected chi connectivity index (χ2v) is 9.45. The van der Waals surface area contributed by atoms with Crippen molar-refractivity contribution in [3.05, 3.63) is 70.0 Å². The summed E-state index contributed by atoms with van der Waals surface area (Å²) in [7, 11) is 1.30. The Kier molecular flexibility index (Phi) is 7.44. The van der Waals surface area contributed by atoms with Crippen molar-refractivity contribution < 1.29 is 40.4 Å². The van der Waals surface area contributed by atoms with Crippen LogP contribution in [0.25, 0.3) is 0 Å². The Hall–Kier alpha value is -2.86. The summed E-state index contributed by atoms with van der Waals surface area (Å²) in [5, 5.41) is 4.58. The maximum Gasteiger partial charge on any atom is 0.429 e. The summed E-state index contributed by atoms with van der Waals surface area (Å²) in [6.45, 7) is 2.85. The number of nitrogens with one attached hydrogen (secondary N) is 1. The van der Waals surface area contributed by atoms with E-state index < -0.39 is 47.5 Å². The smallest absolute Gasteiger partial charge is 0.350 e. The number of carbonyl (C=O) groups is 1. The predicted molar refractivity (Wildman–Crippen MR) is 120 cm³/mol. The van der Waals surface area contributed by atoms with Crippen LogP contribution in [-0.2, 0) is 17.2 Å². The summed E-state index contributed by atoms with van der Waals surface area (Å²) in [6, 6.07) is 4.13. The minimum absolute atomic E-state index is 0.0716. The molecule has 37 heavy (non-hydrogen) atoms. The van der Waals surface area contributed by atoms with Gasteiger partial charge in [-0.1, -0.05) is 6.07 Å². The van der Waals surface area contributed by atoms with Gasteiger partial charge < -0.3 is 15.1 Å². The molecule has 2 aromatic rings. The molecule has 2 aromatic carbocycles. The Morgan fingerprint density at radius 2 is 1.68 bits per heavy atom. The number of halogens is 7. The molecular weight excluding hydrogens is 507 g/mol. The first kappa shape index (κ1) is 27.2. The molecule has 1 aliphatic heterocycles. The number of alkyl halides is 6. The van der Waals surface area contributed by atoms with E-state index in [9.17, 15) is 35.5 Å². The number of benzene rings is 2. The van der Waals surface area contributed by atoms with Crippen molar-refractivity contribution in [1.82, 2.24) is 15.3 Å².